The average Bonchev–Trinajstić information content (AvgIpc) is 3.29. The zero-order valence-electron chi connectivity index (χ0n) is 17.6. The third kappa shape index (κ3) is 5.16. The summed E-state index contributed by atoms with van der Waals surface area (Å²) in [6, 6.07) is 8.19. The number of hydrogen-bond donors (Lipinski definition) is 0. The Morgan fingerprint density at radius 1 is 0.941 bits per heavy atom. The minimum Gasteiger partial charge on any atom is -0.479 e. The fraction of sp³-hybridized carbons (Fsp3) is 0.261. The lowest BCUT2D eigenvalue weighted by molar-refractivity contribution is 0.0594. The molecule has 1 saturated heterocycles. The molecule has 0 spiro atoms. The first kappa shape index (κ1) is 24.4. The van der Waals surface area contributed by atoms with E-state index >= 15 is 0 Å². The molecule has 0 bridgehead atoms. The second kappa shape index (κ2) is 10.2. The van der Waals surface area contributed by atoms with Crippen LogP contribution in [0.2, 0.25) is 10.0 Å². The Bertz CT molecular complexity index is 1170. The van der Waals surface area contributed by atoms with Crippen LogP contribution in [0.4, 0.5) is 17.6 Å². The fourth-order valence-corrected chi connectivity index (χ4v) is 4.08. The quantitative estimate of drug-likeness (QED) is 0.312. The predicted octanol–water partition coefficient (Wildman–Crippen LogP) is 5.68. The lowest BCUT2D eigenvalue weighted by Gasteiger charge is -2.34. The van der Waals surface area contributed by atoms with Crippen LogP contribution >= 0.6 is 23.2 Å². The van der Waals surface area contributed by atoms with Crippen LogP contribution in [0.25, 0.3) is 0 Å². The summed E-state index contributed by atoms with van der Waals surface area (Å²) < 4.78 is 64.3. The van der Waals surface area contributed by atoms with Crippen molar-refractivity contribution >= 4 is 29.1 Å². The fourth-order valence-electron chi connectivity index (χ4n) is 3.56. The van der Waals surface area contributed by atoms with E-state index in [-0.39, 0.29) is 23.5 Å². The van der Waals surface area contributed by atoms with Crippen LogP contribution in [0.3, 0.4) is 0 Å². The van der Waals surface area contributed by atoms with E-state index in [1.807, 2.05) is 0 Å². The third-order valence-electron chi connectivity index (χ3n) is 5.41. The van der Waals surface area contributed by atoms with Crippen molar-refractivity contribution in [3.05, 3.63) is 86.8 Å². The molecule has 34 heavy (non-hydrogen) atoms. The summed E-state index contributed by atoms with van der Waals surface area (Å²) in [7, 11) is 0. The first-order chi connectivity index (χ1) is 16.2. The number of hydrogen-bond acceptors (Lipinski definition) is 4. The summed E-state index contributed by atoms with van der Waals surface area (Å²) in [4.78, 5) is 16.5. The van der Waals surface area contributed by atoms with Crippen LogP contribution in [0.1, 0.15) is 21.9 Å². The van der Waals surface area contributed by atoms with Gasteiger partial charge in [-0.1, -0.05) is 29.3 Å². The highest BCUT2D eigenvalue weighted by Gasteiger charge is 2.26. The molecule has 1 aliphatic heterocycles. The predicted molar refractivity (Wildman–Crippen MR) is 117 cm³/mol. The molecule has 0 radical (unpaired) electrons. The SMILES string of the molecule is O=C(c1ccc(COc2c(F)c(F)cc(F)c2F)o1)N1CCN(Cc2c(Cl)cccc2Cl)CC1. The van der Waals surface area contributed by atoms with Gasteiger partial charge in [-0.25, -0.2) is 8.78 Å². The molecular weight excluding hydrogens is 499 g/mol. The van der Waals surface area contributed by atoms with E-state index < -0.39 is 35.6 Å². The van der Waals surface area contributed by atoms with Gasteiger partial charge in [0.25, 0.3) is 5.91 Å². The minimum atomic E-state index is -1.65. The van der Waals surface area contributed by atoms with Crippen LogP contribution in [0.15, 0.2) is 40.8 Å². The number of piperazine rings is 1. The van der Waals surface area contributed by atoms with E-state index in [1.165, 1.54) is 12.1 Å². The molecule has 11 heteroatoms. The number of carbonyl (C=O) groups excluding carboxylic acids is 1. The molecule has 0 unspecified atom stereocenters. The molecule has 0 saturated carbocycles. The van der Waals surface area contributed by atoms with Crippen LogP contribution in [0.5, 0.6) is 5.75 Å². The topological polar surface area (TPSA) is 45.9 Å². The van der Waals surface area contributed by atoms with Crippen molar-refractivity contribution in [1.29, 1.82) is 0 Å². The van der Waals surface area contributed by atoms with E-state index in [9.17, 15) is 22.4 Å². The number of carbonyl (C=O) groups is 1. The van der Waals surface area contributed by atoms with Gasteiger partial charge in [0, 0.05) is 54.4 Å². The Labute approximate surface area is 202 Å². The van der Waals surface area contributed by atoms with Gasteiger partial charge in [-0.2, -0.15) is 8.78 Å². The molecule has 4 rings (SSSR count). The van der Waals surface area contributed by atoms with Crippen molar-refractivity contribution in [1.82, 2.24) is 9.80 Å². The van der Waals surface area contributed by atoms with Crippen molar-refractivity contribution in [3.63, 3.8) is 0 Å². The molecule has 0 atom stereocenters. The minimum absolute atomic E-state index is 0.00700. The summed E-state index contributed by atoms with van der Waals surface area (Å²) in [5.41, 5.74) is 0.826. The Morgan fingerprint density at radius 2 is 1.56 bits per heavy atom. The summed E-state index contributed by atoms with van der Waals surface area (Å²) >= 11 is 12.5. The van der Waals surface area contributed by atoms with Gasteiger partial charge in [-0.05, 0) is 24.3 Å². The maximum atomic E-state index is 13.7. The maximum Gasteiger partial charge on any atom is 0.289 e. The van der Waals surface area contributed by atoms with Gasteiger partial charge in [0.15, 0.2) is 23.1 Å². The van der Waals surface area contributed by atoms with E-state index in [2.05, 4.69) is 4.90 Å². The van der Waals surface area contributed by atoms with Crippen LogP contribution in [-0.2, 0) is 13.2 Å². The number of halogens is 6. The van der Waals surface area contributed by atoms with Gasteiger partial charge >= 0.3 is 0 Å². The summed E-state index contributed by atoms with van der Waals surface area (Å²) in [5.74, 6) is -7.98. The number of nitrogens with zero attached hydrogens (tertiary/aromatic N) is 2. The highest BCUT2D eigenvalue weighted by Crippen LogP contribution is 2.28. The van der Waals surface area contributed by atoms with Crippen molar-refractivity contribution in [2.24, 2.45) is 0 Å². The van der Waals surface area contributed by atoms with E-state index in [0.717, 1.165) is 5.56 Å². The Kier molecular flexibility index (Phi) is 7.35. The van der Waals surface area contributed by atoms with Gasteiger partial charge in [-0.3, -0.25) is 9.69 Å². The van der Waals surface area contributed by atoms with Crippen LogP contribution < -0.4 is 4.74 Å². The molecule has 1 amide bonds. The second-order valence-corrected chi connectivity index (χ2v) is 8.43. The highest BCUT2D eigenvalue weighted by atomic mass is 35.5. The van der Waals surface area contributed by atoms with Gasteiger partial charge < -0.3 is 14.1 Å². The Hall–Kier alpha value is -2.75. The van der Waals surface area contributed by atoms with E-state index in [1.54, 1.807) is 23.1 Å². The summed E-state index contributed by atoms with van der Waals surface area (Å²) in [6.45, 7) is 2.08. The molecule has 3 aromatic rings. The van der Waals surface area contributed by atoms with Crippen molar-refractivity contribution in [2.75, 3.05) is 26.2 Å². The van der Waals surface area contributed by atoms with Crippen molar-refractivity contribution < 1.29 is 31.5 Å². The molecular formula is C23H18Cl2F4N2O3. The Morgan fingerprint density at radius 3 is 2.18 bits per heavy atom. The Balaban J connectivity index is 1.34. The molecule has 2 aromatic carbocycles. The number of benzene rings is 2. The van der Waals surface area contributed by atoms with Crippen LogP contribution in [-0.4, -0.2) is 41.9 Å². The highest BCUT2D eigenvalue weighted by molar-refractivity contribution is 6.35. The first-order valence-electron chi connectivity index (χ1n) is 10.2. The zero-order valence-corrected chi connectivity index (χ0v) is 19.1. The van der Waals surface area contributed by atoms with Crippen molar-refractivity contribution in [3.8, 4) is 5.75 Å². The standard InChI is InChI=1S/C23H18Cl2F4N2O3/c24-15-2-1-3-16(25)14(15)11-30-6-8-31(9-7-30)23(32)19-5-4-13(34-19)12-33-22-20(28)17(26)10-18(27)21(22)29/h1-5,10H,6-9,11-12H2. The number of amides is 1. The monoisotopic (exact) mass is 516 g/mol. The summed E-state index contributed by atoms with van der Waals surface area (Å²) in [6.07, 6.45) is 0. The molecule has 1 aromatic heterocycles. The van der Waals surface area contributed by atoms with Gasteiger partial charge in [0.05, 0.1) is 0 Å². The third-order valence-corrected chi connectivity index (χ3v) is 6.11. The molecule has 1 fully saturated rings. The molecule has 1 aliphatic rings. The zero-order chi connectivity index (χ0) is 24.4. The summed E-state index contributed by atoms with van der Waals surface area (Å²) in [5, 5.41) is 1.16. The van der Waals surface area contributed by atoms with E-state index in [4.69, 9.17) is 32.4 Å². The smallest absolute Gasteiger partial charge is 0.289 e. The largest absolute Gasteiger partial charge is 0.479 e. The number of furan rings is 1. The first-order valence-corrected chi connectivity index (χ1v) is 11.0. The number of ether oxygens (including phenoxy) is 1. The lowest BCUT2D eigenvalue weighted by atomic mass is 10.2. The maximum absolute atomic E-state index is 13.7. The molecule has 2 heterocycles. The molecule has 180 valence electrons. The molecule has 5 nitrogen and oxygen atoms in total. The van der Waals surface area contributed by atoms with Crippen LogP contribution in [0, 0.1) is 23.3 Å². The molecule has 0 aliphatic carbocycles. The second-order valence-electron chi connectivity index (χ2n) is 7.62. The average molecular weight is 517 g/mol. The lowest BCUT2D eigenvalue weighted by Crippen LogP contribution is -2.48. The van der Waals surface area contributed by atoms with Crippen molar-refractivity contribution in [2.45, 2.75) is 13.2 Å². The van der Waals surface area contributed by atoms with E-state index in [0.29, 0.717) is 42.8 Å². The normalized spacial score (nSPS) is 14.5. The molecule has 0 N–H and O–H groups in total. The van der Waals surface area contributed by atoms with Gasteiger partial charge in [-0.15, -0.1) is 0 Å². The van der Waals surface area contributed by atoms with Gasteiger partial charge in [0.2, 0.25) is 11.6 Å². The number of rotatable bonds is 6. The van der Waals surface area contributed by atoms with Gasteiger partial charge in [0.1, 0.15) is 12.4 Å².